The summed E-state index contributed by atoms with van der Waals surface area (Å²) in [6.45, 7) is 13.7. The number of fused-ring (bicyclic) bond motifs is 2. The van der Waals surface area contributed by atoms with Crippen molar-refractivity contribution in [1.82, 2.24) is 0 Å². The summed E-state index contributed by atoms with van der Waals surface area (Å²) < 4.78 is 6.36. The second-order valence-electron chi connectivity index (χ2n) is 10.9. The Morgan fingerprint density at radius 2 is 1.10 bits per heavy atom. The van der Waals surface area contributed by atoms with Crippen molar-refractivity contribution >= 4 is 17.1 Å². The lowest BCUT2D eigenvalue weighted by Crippen LogP contribution is -2.18. The normalized spacial score (nSPS) is 13.5. The lowest BCUT2D eigenvalue weighted by atomic mass is 9.87. The van der Waals surface area contributed by atoms with E-state index >= 15 is 0 Å². The molecule has 0 unspecified atom stereocenters. The number of para-hydroxylation sites is 1. The standard InChI is InChI=1S/C28H33NO/c1-27(2,3)18-20-12-14-25-23(16-20)29(22-10-8-7-9-11-22)24-17-21(19-28(4,5)6)13-15-26(24)30-25/h7-17H,18-19H2,1-6H3. The van der Waals surface area contributed by atoms with Crippen LogP contribution < -0.4 is 9.64 Å². The maximum atomic E-state index is 6.36. The fourth-order valence-electron chi connectivity index (χ4n) is 4.20. The smallest absolute Gasteiger partial charge is 0.151 e. The Morgan fingerprint density at radius 1 is 0.633 bits per heavy atom. The van der Waals surface area contributed by atoms with E-state index in [0.29, 0.717) is 0 Å². The zero-order chi connectivity index (χ0) is 21.5. The first-order chi connectivity index (χ1) is 14.1. The predicted molar refractivity (Wildman–Crippen MR) is 128 cm³/mol. The summed E-state index contributed by atoms with van der Waals surface area (Å²) in [5, 5.41) is 0. The summed E-state index contributed by atoms with van der Waals surface area (Å²) in [5.74, 6) is 1.82. The number of benzene rings is 3. The molecule has 2 heteroatoms. The molecule has 3 aromatic carbocycles. The Balaban J connectivity index is 1.85. The molecule has 156 valence electrons. The van der Waals surface area contributed by atoms with E-state index in [4.69, 9.17) is 4.74 Å². The number of hydrogen-bond acceptors (Lipinski definition) is 2. The largest absolute Gasteiger partial charge is 0.453 e. The first-order valence-corrected chi connectivity index (χ1v) is 10.9. The third kappa shape index (κ3) is 4.53. The van der Waals surface area contributed by atoms with Crippen LogP contribution in [0, 0.1) is 10.8 Å². The molecule has 0 spiro atoms. The van der Waals surface area contributed by atoms with Crippen LogP contribution in [0.15, 0.2) is 66.7 Å². The third-order valence-electron chi connectivity index (χ3n) is 5.23. The molecule has 0 saturated carbocycles. The van der Waals surface area contributed by atoms with Crippen LogP contribution >= 0.6 is 0 Å². The van der Waals surface area contributed by atoms with Gasteiger partial charge >= 0.3 is 0 Å². The van der Waals surface area contributed by atoms with Gasteiger partial charge in [0.25, 0.3) is 0 Å². The molecule has 1 aliphatic rings. The lowest BCUT2D eigenvalue weighted by molar-refractivity contribution is 0.410. The van der Waals surface area contributed by atoms with Gasteiger partial charge in [0.15, 0.2) is 11.5 Å². The Hall–Kier alpha value is -2.74. The number of hydrogen-bond donors (Lipinski definition) is 0. The maximum absolute atomic E-state index is 6.36. The van der Waals surface area contributed by atoms with Crippen LogP contribution in [0.25, 0.3) is 0 Å². The van der Waals surface area contributed by atoms with E-state index in [-0.39, 0.29) is 10.8 Å². The van der Waals surface area contributed by atoms with Gasteiger partial charge in [-0.2, -0.15) is 0 Å². The highest BCUT2D eigenvalue weighted by molar-refractivity contribution is 5.86. The van der Waals surface area contributed by atoms with Gasteiger partial charge in [0.05, 0.1) is 11.4 Å². The van der Waals surface area contributed by atoms with Crippen LogP contribution in [-0.2, 0) is 12.8 Å². The Labute approximate surface area is 181 Å². The van der Waals surface area contributed by atoms with E-state index in [1.165, 1.54) is 11.1 Å². The molecule has 0 bridgehead atoms. The van der Waals surface area contributed by atoms with Crippen molar-refractivity contribution in [2.45, 2.75) is 54.4 Å². The molecule has 0 aliphatic carbocycles. The molecule has 30 heavy (non-hydrogen) atoms. The average molecular weight is 400 g/mol. The molecule has 0 amide bonds. The van der Waals surface area contributed by atoms with Gasteiger partial charge in [0.2, 0.25) is 0 Å². The summed E-state index contributed by atoms with van der Waals surface area (Å²) in [7, 11) is 0. The number of anilines is 3. The molecule has 0 atom stereocenters. The monoisotopic (exact) mass is 399 g/mol. The minimum Gasteiger partial charge on any atom is -0.453 e. The van der Waals surface area contributed by atoms with Crippen molar-refractivity contribution in [2.24, 2.45) is 10.8 Å². The van der Waals surface area contributed by atoms with Gasteiger partial charge in [0, 0.05) is 5.69 Å². The Morgan fingerprint density at radius 3 is 1.53 bits per heavy atom. The molecule has 0 radical (unpaired) electrons. The minimum absolute atomic E-state index is 0.235. The molecule has 2 nitrogen and oxygen atoms in total. The molecule has 0 fully saturated rings. The van der Waals surface area contributed by atoms with Crippen LogP contribution in [0.2, 0.25) is 0 Å². The maximum Gasteiger partial charge on any atom is 0.151 e. The van der Waals surface area contributed by atoms with Crippen molar-refractivity contribution < 1.29 is 4.74 Å². The highest BCUT2D eigenvalue weighted by Crippen LogP contribution is 2.51. The predicted octanol–water partition coefficient (Wildman–Crippen LogP) is 8.44. The fourth-order valence-corrected chi connectivity index (χ4v) is 4.20. The number of ether oxygens (including phenoxy) is 1. The van der Waals surface area contributed by atoms with Crippen molar-refractivity contribution in [3.8, 4) is 11.5 Å². The molecule has 0 saturated heterocycles. The van der Waals surface area contributed by atoms with Crippen LogP contribution in [0.1, 0.15) is 52.7 Å². The first-order valence-electron chi connectivity index (χ1n) is 10.9. The molecule has 1 heterocycles. The van der Waals surface area contributed by atoms with Gasteiger partial charge in [-0.3, -0.25) is 0 Å². The quantitative estimate of drug-likeness (QED) is 0.343. The van der Waals surface area contributed by atoms with Gasteiger partial charge in [-0.1, -0.05) is 71.9 Å². The van der Waals surface area contributed by atoms with E-state index in [1.54, 1.807) is 0 Å². The first kappa shape index (κ1) is 20.5. The average Bonchev–Trinajstić information content (AvgIpc) is 2.64. The fraction of sp³-hybridized carbons (Fsp3) is 0.357. The Kier molecular flexibility index (Phi) is 5.13. The van der Waals surface area contributed by atoms with Crippen LogP contribution in [0.3, 0.4) is 0 Å². The summed E-state index contributed by atoms with van der Waals surface area (Å²) in [6.07, 6.45) is 2.06. The number of nitrogens with zero attached hydrogens (tertiary/aromatic N) is 1. The molecular formula is C28H33NO. The molecule has 1 aliphatic heterocycles. The Bertz CT molecular complexity index is 973. The van der Waals surface area contributed by atoms with Gasteiger partial charge in [0.1, 0.15) is 0 Å². The topological polar surface area (TPSA) is 12.5 Å². The van der Waals surface area contributed by atoms with Gasteiger partial charge in [-0.05, 0) is 71.2 Å². The van der Waals surface area contributed by atoms with E-state index < -0.39 is 0 Å². The van der Waals surface area contributed by atoms with E-state index in [0.717, 1.165) is 41.4 Å². The summed E-state index contributed by atoms with van der Waals surface area (Å²) in [4.78, 5) is 2.35. The van der Waals surface area contributed by atoms with E-state index in [9.17, 15) is 0 Å². The summed E-state index contributed by atoms with van der Waals surface area (Å²) in [6, 6.07) is 23.9. The minimum atomic E-state index is 0.235. The molecular weight excluding hydrogens is 366 g/mol. The van der Waals surface area contributed by atoms with Crippen molar-refractivity contribution in [3.63, 3.8) is 0 Å². The summed E-state index contributed by atoms with van der Waals surface area (Å²) >= 11 is 0. The van der Waals surface area contributed by atoms with Gasteiger partial charge < -0.3 is 9.64 Å². The van der Waals surface area contributed by atoms with Gasteiger partial charge in [-0.15, -0.1) is 0 Å². The van der Waals surface area contributed by atoms with Crippen LogP contribution in [0.5, 0.6) is 11.5 Å². The molecule has 0 N–H and O–H groups in total. The second kappa shape index (κ2) is 7.50. The van der Waals surface area contributed by atoms with Crippen LogP contribution in [-0.4, -0.2) is 0 Å². The zero-order valence-corrected chi connectivity index (χ0v) is 19.1. The molecule has 4 rings (SSSR count). The van der Waals surface area contributed by atoms with E-state index in [1.807, 2.05) is 0 Å². The SMILES string of the molecule is CC(C)(C)Cc1ccc2c(c1)N(c1ccccc1)c1cc(CC(C)(C)C)ccc1O2. The molecule has 0 aromatic heterocycles. The zero-order valence-electron chi connectivity index (χ0n) is 19.1. The van der Waals surface area contributed by atoms with E-state index in [2.05, 4.69) is 113 Å². The van der Waals surface area contributed by atoms with Crippen molar-refractivity contribution in [1.29, 1.82) is 0 Å². The highest BCUT2D eigenvalue weighted by Gasteiger charge is 2.27. The lowest BCUT2D eigenvalue weighted by Gasteiger charge is -2.34. The third-order valence-corrected chi connectivity index (χ3v) is 5.23. The highest BCUT2D eigenvalue weighted by atomic mass is 16.5. The summed E-state index contributed by atoms with van der Waals surface area (Å²) in [5.41, 5.74) is 6.52. The van der Waals surface area contributed by atoms with Gasteiger partial charge in [-0.25, -0.2) is 0 Å². The number of rotatable bonds is 3. The van der Waals surface area contributed by atoms with Crippen molar-refractivity contribution in [2.75, 3.05) is 4.90 Å². The second-order valence-corrected chi connectivity index (χ2v) is 10.9. The van der Waals surface area contributed by atoms with Crippen molar-refractivity contribution in [3.05, 3.63) is 77.9 Å². The van der Waals surface area contributed by atoms with Crippen LogP contribution in [0.4, 0.5) is 17.1 Å². The molecule has 3 aromatic rings.